The number of halogens is 1. The molecule has 1 aromatic rings. The minimum atomic E-state index is 0.0583. The average molecular weight is 370 g/mol. The Hall–Kier alpha value is -0.760. The molecule has 0 spiro atoms. The van der Waals surface area contributed by atoms with Crippen molar-refractivity contribution in [3.05, 3.63) is 29.8 Å². The van der Waals surface area contributed by atoms with Crippen LogP contribution in [0.3, 0.4) is 0 Å². The molecule has 0 aliphatic heterocycles. The molecule has 3 heteroatoms. The molecule has 0 saturated heterocycles. The van der Waals surface area contributed by atoms with Crippen LogP contribution >= 0.6 is 22.6 Å². The topological polar surface area (TPSA) is 27.0 Å². The fraction of sp³-hybridized carbons (Fsp3) is 0.562. The van der Waals surface area contributed by atoms with Gasteiger partial charge < -0.3 is 4.90 Å². The van der Waals surface area contributed by atoms with Crippen LogP contribution in [0.2, 0.25) is 0 Å². The second kappa shape index (κ2) is 6.13. The normalized spacial score (nSPS) is 12.1. The van der Waals surface area contributed by atoms with Crippen molar-refractivity contribution in [1.29, 1.82) is 5.26 Å². The van der Waals surface area contributed by atoms with Gasteiger partial charge in [0.1, 0.15) is 0 Å². The molecule has 104 valence electrons. The van der Waals surface area contributed by atoms with Crippen molar-refractivity contribution in [3.63, 3.8) is 0 Å². The molecular formula is C16H23IN2. The van der Waals surface area contributed by atoms with E-state index in [1.54, 1.807) is 0 Å². The Balaban J connectivity index is 2.97. The summed E-state index contributed by atoms with van der Waals surface area (Å²) >= 11 is 2.46. The van der Waals surface area contributed by atoms with Gasteiger partial charge in [0.2, 0.25) is 0 Å². The fourth-order valence-electron chi connectivity index (χ4n) is 2.47. The number of hydrogen-bond donors (Lipinski definition) is 0. The molecule has 0 bridgehead atoms. The highest BCUT2D eigenvalue weighted by molar-refractivity contribution is 14.1. The van der Waals surface area contributed by atoms with Gasteiger partial charge in [0, 0.05) is 22.7 Å². The van der Waals surface area contributed by atoms with Crippen LogP contribution in [0.4, 0.5) is 5.69 Å². The molecule has 0 heterocycles. The van der Waals surface area contributed by atoms with Crippen molar-refractivity contribution in [2.75, 3.05) is 16.4 Å². The van der Waals surface area contributed by atoms with Gasteiger partial charge in [-0.15, -0.1) is 0 Å². The van der Waals surface area contributed by atoms with Crippen LogP contribution in [-0.4, -0.2) is 17.0 Å². The molecule has 2 nitrogen and oxygen atoms in total. The standard InChI is InChI=1S/C16H23IN2/c1-15(2,12-17)11-16(3,4)19(5)14-8-6-7-13(9-14)10-18/h6-9H,11-12H2,1-5H3. The minimum absolute atomic E-state index is 0.0583. The first-order valence-corrected chi connectivity index (χ1v) is 8.04. The Morgan fingerprint density at radius 2 is 1.89 bits per heavy atom. The van der Waals surface area contributed by atoms with Crippen LogP contribution < -0.4 is 4.90 Å². The molecule has 0 aliphatic carbocycles. The first-order valence-electron chi connectivity index (χ1n) is 6.52. The van der Waals surface area contributed by atoms with Crippen molar-refractivity contribution in [2.24, 2.45) is 5.41 Å². The lowest BCUT2D eigenvalue weighted by Gasteiger charge is -2.42. The number of alkyl halides is 1. The Morgan fingerprint density at radius 3 is 2.42 bits per heavy atom. The van der Waals surface area contributed by atoms with Gasteiger partial charge in [0.25, 0.3) is 0 Å². The summed E-state index contributed by atoms with van der Waals surface area (Å²) in [6.07, 6.45) is 1.11. The third-order valence-electron chi connectivity index (χ3n) is 3.54. The van der Waals surface area contributed by atoms with Crippen LogP contribution in [0.5, 0.6) is 0 Å². The molecule has 0 unspecified atom stereocenters. The van der Waals surface area contributed by atoms with Gasteiger partial charge in [0.05, 0.1) is 11.6 Å². The predicted molar refractivity (Wildman–Crippen MR) is 90.9 cm³/mol. The number of benzene rings is 1. The zero-order valence-electron chi connectivity index (χ0n) is 12.5. The van der Waals surface area contributed by atoms with Gasteiger partial charge >= 0.3 is 0 Å². The number of hydrogen-bond acceptors (Lipinski definition) is 2. The average Bonchev–Trinajstić information content (AvgIpc) is 2.36. The molecule has 19 heavy (non-hydrogen) atoms. The van der Waals surface area contributed by atoms with Crippen LogP contribution in [0.25, 0.3) is 0 Å². The van der Waals surface area contributed by atoms with Crippen LogP contribution in [-0.2, 0) is 0 Å². The summed E-state index contributed by atoms with van der Waals surface area (Å²) in [5, 5.41) is 9.00. The summed E-state index contributed by atoms with van der Waals surface area (Å²) in [5.41, 5.74) is 2.19. The van der Waals surface area contributed by atoms with Crippen molar-refractivity contribution in [1.82, 2.24) is 0 Å². The SMILES string of the molecule is CN(c1cccc(C#N)c1)C(C)(C)CC(C)(C)CI. The van der Waals surface area contributed by atoms with E-state index in [1.807, 2.05) is 18.2 Å². The second-order valence-electron chi connectivity index (χ2n) is 6.51. The van der Waals surface area contributed by atoms with Crippen LogP contribution in [0, 0.1) is 16.7 Å². The Kier molecular flexibility index (Phi) is 5.26. The predicted octanol–water partition coefficient (Wildman–Crippen LogP) is 4.62. The largest absolute Gasteiger partial charge is 0.369 e. The van der Waals surface area contributed by atoms with Gasteiger partial charge in [0.15, 0.2) is 0 Å². The molecule has 0 atom stereocenters. The highest BCUT2D eigenvalue weighted by atomic mass is 127. The van der Waals surface area contributed by atoms with E-state index in [1.165, 1.54) is 0 Å². The molecule has 1 rings (SSSR count). The molecule has 1 aromatic carbocycles. The van der Waals surface area contributed by atoms with Crippen molar-refractivity contribution in [2.45, 2.75) is 39.7 Å². The third-order valence-corrected chi connectivity index (χ3v) is 5.61. The summed E-state index contributed by atoms with van der Waals surface area (Å²) < 4.78 is 1.14. The van der Waals surface area contributed by atoms with E-state index >= 15 is 0 Å². The van der Waals surface area contributed by atoms with Gasteiger partial charge in [-0.05, 0) is 43.9 Å². The summed E-state index contributed by atoms with van der Waals surface area (Å²) in [6.45, 7) is 9.14. The number of rotatable bonds is 5. The molecule has 0 aliphatic rings. The molecule has 0 fully saturated rings. The van der Waals surface area contributed by atoms with Gasteiger partial charge in [-0.1, -0.05) is 42.5 Å². The van der Waals surface area contributed by atoms with E-state index in [4.69, 9.17) is 5.26 Å². The zero-order chi connectivity index (χ0) is 14.7. The summed E-state index contributed by atoms with van der Waals surface area (Å²) in [7, 11) is 2.11. The summed E-state index contributed by atoms with van der Waals surface area (Å²) in [5.74, 6) is 0. The molecule has 0 radical (unpaired) electrons. The highest BCUT2D eigenvalue weighted by Gasteiger charge is 2.31. The van der Waals surface area contributed by atoms with E-state index in [0.29, 0.717) is 11.0 Å². The third kappa shape index (κ3) is 4.38. The Morgan fingerprint density at radius 1 is 1.26 bits per heavy atom. The van der Waals surface area contributed by atoms with Gasteiger partial charge in [-0.25, -0.2) is 0 Å². The van der Waals surface area contributed by atoms with Crippen LogP contribution in [0.15, 0.2) is 24.3 Å². The monoisotopic (exact) mass is 370 g/mol. The lowest BCUT2D eigenvalue weighted by Crippen LogP contribution is -2.44. The molecule has 0 aromatic heterocycles. The van der Waals surface area contributed by atoms with E-state index in [9.17, 15) is 0 Å². The maximum absolute atomic E-state index is 9.00. The molecule has 0 saturated carbocycles. The minimum Gasteiger partial charge on any atom is -0.369 e. The second-order valence-corrected chi connectivity index (χ2v) is 7.27. The van der Waals surface area contributed by atoms with Crippen molar-refractivity contribution >= 4 is 28.3 Å². The number of anilines is 1. The van der Waals surface area contributed by atoms with E-state index in [-0.39, 0.29) is 5.54 Å². The molecule has 0 amide bonds. The van der Waals surface area contributed by atoms with E-state index in [0.717, 1.165) is 16.5 Å². The quantitative estimate of drug-likeness (QED) is 0.559. The zero-order valence-corrected chi connectivity index (χ0v) is 14.7. The number of nitrogens with zero attached hydrogens (tertiary/aromatic N) is 2. The molecular weight excluding hydrogens is 347 g/mol. The first-order chi connectivity index (χ1) is 8.72. The lowest BCUT2D eigenvalue weighted by molar-refractivity contribution is 0.288. The maximum atomic E-state index is 9.00. The van der Waals surface area contributed by atoms with Crippen molar-refractivity contribution < 1.29 is 0 Å². The van der Waals surface area contributed by atoms with Crippen molar-refractivity contribution in [3.8, 4) is 6.07 Å². The van der Waals surface area contributed by atoms with E-state index < -0.39 is 0 Å². The maximum Gasteiger partial charge on any atom is 0.0992 e. The smallest absolute Gasteiger partial charge is 0.0992 e. The number of nitriles is 1. The summed E-state index contributed by atoms with van der Waals surface area (Å²) in [6, 6.07) is 10.0. The molecule has 0 N–H and O–H groups in total. The van der Waals surface area contributed by atoms with Crippen LogP contribution in [0.1, 0.15) is 39.7 Å². The highest BCUT2D eigenvalue weighted by Crippen LogP contribution is 2.35. The first kappa shape index (κ1) is 16.3. The Bertz CT molecular complexity index is 472. The van der Waals surface area contributed by atoms with Gasteiger partial charge in [-0.2, -0.15) is 5.26 Å². The summed E-state index contributed by atoms with van der Waals surface area (Å²) in [4.78, 5) is 2.28. The lowest BCUT2D eigenvalue weighted by atomic mass is 9.81. The fourth-order valence-corrected chi connectivity index (χ4v) is 2.74. The van der Waals surface area contributed by atoms with E-state index in [2.05, 4.69) is 74.4 Å². The van der Waals surface area contributed by atoms with Gasteiger partial charge in [-0.3, -0.25) is 0 Å². The Labute approximate surface area is 130 Å².